The summed E-state index contributed by atoms with van der Waals surface area (Å²) < 4.78 is 5.63. The molecule has 1 aromatic heterocycles. The van der Waals surface area contributed by atoms with Crippen molar-refractivity contribution in [1.82, 2.24) is 0 Å². The quantitative estimate of drug-likeness (QED) is 0.453. The van der Waals surface area contributed by atoms with Gasteiger partial charge in [0.25, 0.3) is 0 Å². The number of thioether (sulfide) groups is 1. The Balaban J connectivity index is 2.04. The summed E-state index contributed by atoms with van der Waals surface area (Å²) in [5, 5.41) is 3.09. The molecule has 0 spiro atoms. The van der Waals surface area contributed by atoms with Crippen LogP contribution in [0.1, 0.15) is 39.5 Å². The summed E-state index contributed by atoms with van der Waals surface area (Å²) >= 11 is 3.58. The molecular formula is C13H22OS2. The van der Waals surface area contributed by atoms with Crippen LogP contribution < -0.4 is 4.74 Å². The van der Waals surface area contributed by atoms with Crippen molar-refractivity contribution >= 4 is 23.1 Å². The first-order chi connectivity index (χ1) is 7.86. The summed E-state index contributed by atoms with van der Waals surface area (Å²) in [6.07, 6.45) is 5.35. The first kappa shape index (κ1) is 13.9. The van der Waals surface area contributed by atoms with Gasteiger partial charge < -0.3 is 4.74 Å². The van der Waals surface area contributed by atoms with Crippen molar-refractivity contribution in [2.75, 3.05) is 11.7 Å². The average Bonchev–Trinajstić information content (AvgIpc) is 2.81. The molecule has 0 saturated carbocycles. The maximum atomic E-state index is 5.63. The van der Waals surface area contributed by atoms with Crippen LogP contribution in [-0.2, 0) is 0 Å². The third-order valence-corrected chi connectivity index (χ3v) is 4.45. The Bertz CT molecular complexity index is 246. The molecule has 1 aromatic rings. The largest absolute Gasteiger partial charge is 0.473 e. The van der Waals surface area contributed by atoms with Crippen LogP contribution in [0.25, 0.3) is 0 Å². The van der Waals surface area contributed by atoms with Gasteiger partial charge >= 0.3 is 0 Å². The predicted molar refractivity (Wildman–Crippen MR) is 75.6 cm³/mol. The summed E-state index contributed by atoms with van der Waals surface area (Å²) in [7, 11) is 0. The van der Waals surface area contributed by atoms with Crippen molar-refractivity contribution in [1.29, 1.82) is 0 Å². The number of hydrogen-bond donors (Lipinski definition) is 0. The molecule has 0 aliphatic rings. The van der Waals surface area contributed by atoms with Crippen LogP contribution in [0, 0.1) is 5.92 Å². The van der Waals surface area contributed by atoms with E-state index in [2.05, 4.69) is 19.2 Å². The van der Waals surface area contributed by atoms with Gasteiger partial charge in [-0.05, 0) is 35.6 Å². The van der Waals surface area contributed by atoms with Crippen LogP contribution in [0.3, 0.4) is 0 Å². The van der Waals surface area contributed by atoms with Gasteiger partial charge in [0.05, 0.1) is 0 Å². The molecule has 1 unspecified atom stereocenters. The van der Waals surface area contributed by atoms with E-state index in [1.807, 2.05) is 23.9 Å². The van der Waals surface area contributed by atoms with Gasteiger partial charge in [0.15, 0.2) is 5.06 Å². The summed E-state index contributed by atoms with van der Waals surface area (Å²) in [5.74, 6) is 2.90. The van der Waals surface area contributed by atoms with Gasteiger partial charge in [-0.15, -0.1) is 23.1 Å². The first-order valence-electron chi connectivity index (χ1n) is 6.10. The molecule has 0 aliphatic carbocycles. The van der Waals surface area contributed by atoms with E-state index in [9.17, 15) is 0 Å². The molecule has 1 atom stereocenters. The molecule has 16 heavy (non-hydrogen) atoms. The lowest BCUT2D eigenvalue weighted by Crippen LogP contribution is -2.04. The van der Waals surface area contributed by atoms with Crippen molar-refractivity contribution in [3.8, 4) is 5.06 Å². The van der Waals surface area contributed by atoms with Gasteiger partial charge in [-0.25, -0.2) is 0 Å². The van der Waals surface area contributed by atoms with Crippen LogP contribution in [0.4, 0.5) is 0 Å². The molecule has 3 heteroatoms. The van der Waals surface area contributed by atoms with Gasteiger partial charge in [0.2, 0.25) is 0 Å². The Morgan fingerprint density at radius 2 is 2.31 bits per heavy atom. The van der Waals surface area contributed by atoms with Gasteiger partial charge in [-0.2, -0.15) is 0 Å². The fourth-order valence-corrected chi connectivity index (χ4v) is 3.25. The lowest BCUT2D eigenvalue weighted by Gasteiger charge is -2.13. The highest BCUT2D eigenvalue weighted by Gasteiger charge is 2.05. The summed E-state index contributed by atoms with van der Waals surface area (Å²) in [6, 6.07) is 4.06. The van der Waals surface area contributed by atoms with Crippen molar-refractivity contribution < 1.29 is 4.74 Å². The van der Waals surface area contributed by atoms with E-state index in [-0.39, 0.29) is 0 Å². The van der Waals surface area contributed by atoms with E-state index in [1.54, 1.807) is 11.3 Å². The zero-order chi connectivity index (χ0) is 11.6. The molecule has 0 aromatic carbocycles. The Labute approximate surface area is 108 Å². The van der Waals surface area contributed by atoms with Crippen LogP contribution in [0.15, 0.2) is 17.5 Å². The molecule has 0 N–H and O–H groups in total. The molecule has 1 heterocycles. The standard InChI is InChI=1S/C13H22OS2/c1-3-5-7-12(4-2)10-15-11-14-13-8-6-9-16-13/h6,8-9,12H,3-5,7,10-11H2,1-2H3. The predicted octanol–water partition coefficient (Wildman–Crippen LogP) is 5.03. The second-order valence-corrected chi connectivity index (χ2v) is 5.87. The maximum absolute atomic E-state index is 5.63. The Kier molecular flexibility index (Phi) is 7.77. The average molecular weight is 258 g/mol. The van der Waals surface area contributed by atoms with Gasteiger partial charge in [0, 0.05) is 0 Å². The summed E-state index contributed by atoms with van der Waals surface area (Å²) in [6.45, 7) is 4.56. The topological polar surface area (TPSA) is 9.23 Å². The minimum atomic E-state index is 0.795. The molecule has 0 saturated heterocycles. The molecule has 0 bridgehead atoms. The molecule has 0 amide bonds. The normalized spacial score (nSPS) is 12.6. The van der Waals surface area contributed by atoms with Crippen LogP contribution in [-0.4, -0.2) is 11.7 Å². The number of thiophene rings is 1. The van der Waals surface area contributed by atoms with Gasteiger partial charge in [-0.3, -0.25) is 0 Å². The second-order valence-electron chi connectivity index (χ2n) is 3.98. The van der Waals surface area contributed by atoms with Gasteiger partial charge in [0.1, 0.15) is 5.94 Å². The minimum Gasteiger partial charge on any atom is -0.473 e. The number of ether oxygens (including phenoxy) is 1. The maximum Gasteiger partial charge on any atom is 0.175 e. The summed E-state index contributed by atoms with van der Waals surface area (Å²) in [4.78, 5) is 0. The first-order valence-corrected chi connectivity index (χ1v) is 8.14. The lowest BCUT2D eigenvalue weighted by atomic mass is 10.0. The highest BCUT2D eigenvalue weighted by molar-refractivity contribution is 7.99. The van der Waals surface area contributed by atoms with E-state index < -0.39 is 0 Å². The van der Waals surface area contributed by atoms with E-state index in [0.717, 1.165) is 16.9 Å². The number of hydrogen-bond acceptors (Lipinski definition) is 3. The smallest absolute Gasteiger partial charge is 0.175 e. The number of unbranched alkanes of at least 4 members (excludes halogenated alkanes) is 1. The highest BCUT2D eigenvalue weighted by atomic mass is 32.2. The lowest BCUT2D eigenvalue weighted by molar-refractivity contribution is 0.403. The SMILES string of the molecule is CCCCC(CC)CSCOc1cccs1. The van der Waals surface area contributed by atoms with E-state index in [0.29, 0.717) is 0 Å². The van der Waals surface area contributed by atoms with Crippen molar-refractivity contribution in [3.05, 3.63) is 17.5 Å². The Morgan fingerprint density at radius 3 is 2.94 bits per heavy atom. The van der Waals surface area contributed by atoms with Gasteiger partial charge in [-0.1, -0.05) is 33.1 Å². The van der Waals surface area contributed by atoms with E-state index in [4.69, 9.17) is 4.74 Å². The summed E-state index contributed by atoms with van der Waals surface area (Å²) in [5.41, 5.74) is 0. The third-order valence-electron chi connectivity index (χ3n) is 2.68. The molecule has 0 aliphatic heterocycles. The monoisotopic (exact) mass is 258 g/mol. The Hall–Kier alpha value is -0.150. The van der Waals surface area contributed by atoms with Crippen molar-refractivity contribution in [2.45, 2.75) is 39.5 Å². The molecule has 1 rings (SSSR count). The van der Waals surface area contributed by atoms with Crippen molar-refractivity contribution in [3.63, 3.8) is 0 Å². The second kappa shape index (κ2) is 8.94. The fraction of sp³-hybridized carbons (Fsp3) is 0.692. The zero-order valence-corrected chi connectivity index (χ0v) is 11.9. The minimum absolute atomic E-state index is 0.795. The highest BCUT2D eigenvalue weighted by Crippen LogP contribution is 2.22. The zero-order valence-electron chi connectivity index (χ0n) is 10.3. The number of rotatable bonds is 9. The van der Waals surface area contributed by atoms with Crippen LogP contribution >= 0.6 is 23.1 Å². The Morgan fingerprint density at radius 1 is 1.44 bits per heavy atom. The molecule has 0 fully saturated rings. The van der Waals surface area contributed by atoms with Crippen LogP contribution in [0.2, 0.25) is 0 Å². The molecule has 0 radical (unpaired) electrons. The molecule has 92 valence electrons. The third kappa shape index (κ3) is 5.80. The molecule has 1 nitrogen and oxygen atoms in total. The van der Waals surface area contributed by atoms with Crippen molar-refractivity contribution in [2.24, 2.45) is 5.92 Å². The molecular weight excluding hydrogens is 236 g/mol. The van der Waals surface area contributed by atoms with E-state index >= 15 is 0 Å². The van der Waals surface area contributed by atoms with E-state index in [1.165, 1.54) is 31.4 Å². The van der Waals surface area contributed by atoms with Crippen LogP contribution in [0.5, 0.6) is 5.06 Å². The fourth-order valence-electron chi connectivity index (χ4n) is 1.56.